The number of carboxylic acid groups (broad SMARTS) is 1. The molecule has 5 aromatic rings. The van der Waals surface area contributed by atoms with Crippen LogP contribution in [0.25, 0.3) is 0 Å². The van der Waals surface area contributed by atoms with Crippen LogP contribution in [0, 0.1) is 0 Å². The molecule has 4 atom stereocenters. The van der Waals surface area contributed by atoms with Crippen molar-refractivity contribution in [3.05, 3.63) is 167 Å². The van der Waals surface area contributed by atoms with E-state index in [1.165, 1.54) is 0 Å². The summed E-state index contributed by atoms with van der Waals surface area (Å²) in [6, 6.07) is 36.6. The van der Waals surface area contributed by atoms with Crippen LogP contribution in [0.2, 0.25) is 0 Å². The van der Waals surface area contributed by atoms with Crippen molar-refractivity contribution in [1.82, 2.24) is 21.3 Å². The van der Waals surface area contributed by atoms with Crippen molar-refractivity contribution in [2.24, 2.45) is 0 Å². The molecule has 0 aromatic heterocycles. The predicted molar refractivity (Wildman–Crippen MR) is 229 cm³/mol. The molecule has 0 aliphatic carbocycles. The summed E-state index contributed by atoms with van der Waals surface area (Å²) in [6.07, 6.45) is 0.129. The lowest BCUT2D eigenvalue weighted by molar-refractivity contribution is -0.142. The zero-order valence-corrected chi connectivity index (χ0v) is 33.6. The van der Waals surface area contributed by atoms with Gasteiger partial charge in [0.25, 0.3) is 0 Å². The molecule has 0 spiro atoms. The van der Waals surface area contributed by atoms with Gasteiger partial charge in [0.1, 0.15) is 36.5 Å². The minimum Gasteiger partial charge on any atom is -0.489 e. The number of carbonyl (C=O) groups excluding carboxylic acids is 5. The number of rotatable bonds is 11. The van der Waals surface area contributed by atoms with Gasteiger partial charge in [0.15, 0.2) is 0 Å². The van der Waals surface area contributed by atoms with E-state index in [9.17, 15) is 33.9 Å². The van der Waals surface area contributed by atoms with Gasteiger partial charge in [-0.1, -0.05) is 115 Å². The fourth-order valence-electron chi connectivity index (χ4n) is 6.89. The topological polar surface area (TPSA) is 192 Å². The number of nitrogens with one attached hydrogen (secondary N) is 5. The van der Waals surface area contributed by atoms with Gasteiger partial charge >= 0.3 is 5.97 Å². The Morgan fingerprint density at radius 1 is 0.541 bits per heavy atom. The smallest absolute Gasteiger partial charge is 0.326 e. The molecular weight excluding hydrogens is 775 g/mol. The van der Waals surface area contributed by atoms with Gasteiger partial charge in [0.2, 0.25) is 29.5 Å². The number of ether oxygens (including phenoxy) is 1. The lowest BCUT2D eigenvalue weighted by Gasteiger charge is -2.26. The number of hydrogen-bond donors (Lipinski definition) is 6. The number of carbonyl (C=O) groups is 6. The third-order valence-electron chi connectivity index (χ3n) is 10.2. The van der Waals surface area contributed by atoms with Gasteiger partial charge in [-0.3, -0.25) is 24.0 Å². The monoisotopic (exact) mass is 823 g/mol. The van der Waals surface area contributed by atoms with Gasteiger partial charge in [-0.2, -0.15) is 0 Å². The molecule has 0 unspecified atom stereocenters. The first-order chi connectivity index (χ1) is 29.6. The lowest BCUT2D eigenvalue weighted by Crippen LogP contribution is -2.59. The Morgan fingerprint density at radius 3 is 1.64 bits per heavy atom. The highest BCUT2D eigenvalue weighted by Gasteiger charge is 2.32. The molecule has 0 saturated carbocycles. The Bertz CT molecular complexity index is 2260. The van der Waals surface area contributed by atoms with E-state index in [-0.39, 0.29) is 38.5 Å². The Labute approximate surface area is 354 Å². The Hall–Kier alpha value is -7.28. The van der Waals surface area contributed by atoms with E-state index in [0.717, 1.165) is 11.1 Å². The van der Waals surface area contributed by atoms with E-state index in [0.29, 0.717) is 41.2 Å². The highest BCUT2D eigenvalue weighted by atomic mass is 16.5. The third-order valence-corrected chi connectivity index (χ3v) is 10.2. The number of benzene rings is 5. The van der Waals surface area contributed by atoms with E-state index in [1.54, 1.807) is 72.8 Å². The average Bonchev–Trinajstić information content (AvgIpc) is 3.27. The third kappa shape index (κ3) is 13.6. The van der Waals surface area contributed by atoms with Gasteiger partial charge in [-0.05, 0) is 64.9 Å². The van der Waals surface area contributed by atoms with Crippen molar-refractivity contribution < 1.29 is 38.6 Å². The molecule has 2 bridgehead atoms. The molecule has 6 N–H and O–H groups in total. The molecule has 5 aromatic carbocycles. The van der Waals surface area contributed by atoms with Crippen molar-refractivity contribution in [3.8, 4) is 5.75 Å². The average molecular weight is 824 g/mol. The molecule has 0 saturated heterocycles. The van der Waals surface area contributed by atoms with Crippen LogP contribution in [0.1, 0.15) is 47.1 Å². The Balaban J connectivity index is 1.31. The van der Waals surface area contributed by atoms with Crippen molar-refractivity contribution in [3.63, 3.8) is 0 Å². The first-order valence-electron chi connectivity index (χ1n) is 20.2. The van der Waals surface area contributed by atoms with Crippen molar-refractivity contribution in [2.45, 2.75) is 75.7 Å². The summed E-state index contributed by atoms with van der Waals surface area (Å²) in [5.41, 5.74) is 4.28. The summed E-state index contributed by atoms with van der Waals surface area (Å²) in [5.74, 6) is -3.74. The number of fused-ring (bicyclic) bond motifs is 18. The molecule has 13 heteroatoms. The summed E-state index contributed by atoms with van der Waals surface area (Å²) in [7, 11) is 0. The largest absolute Gasteiger partial charge is 0.489 e. The number of anilines is 1. The quantitative estimate of drug-likeness (QED) is 0.104. The highest BCUT2D eigenvalue weighted by Crippen LogP contribution is 2.18. The second-order valence-electron chi connectivity index (χ2n) is 14.9. The van der Waals surface area contributed by atoms with Gasteiger partial charge in [0, 0.05) is 37.8 Å². The first-order valence-corrected chi connectivity index (χ1v) is 20.2. The first kappa shape index (κ1) is 43.3. The molecular formula is C48H49N5O8. The van der Waals surface area contributed by atoms with Crippen molar-refractivity contribution in [2.75, 3.05) is 5.32 Å². The van der Waals surface area contributed by atoms with Crippen molar-refractivity contribution in [1.29, 1.82) is 0 Å². The van der Waals surface area contributed by atoms with Crippen LogP contribution < -0.4 is 31.3 Å². The molecule has 61 heavy (non-hydrogen) atoms. The molecule has 2 aliphatic rings. The van der Waals surface area contributed by atoms with E-state index in [1.807, 2.05) is 66.7 Å². The molecule has 7 rings (SSSR count). The maximum absolute atomic E-state index is 14.5. The van der Waals surface area contributed by atoms with Crippen LogP contribution in [0.5, 0.6) is 5.75 Å². The minimum absolute atomic E-state index is 0.0106. The fourth-order valence-corrected chi connectivity index (χ4v) is 6.89. The zero-order chi connectivity index (χ0) is 43.0. The number of aliphatic carboxylic acids is 1. The lowest BCUT2D eigenvalue weighted by atomic mass is 10.00. The normalized spacial score (nSPS) is 19.2. The SMILES string of the molecule is O=C1CCC(=O)N[C@H](CCc2ccccc2)C(=O)N[C@@H](Cc2ccc(OCc3ccccc3)cc2)C(=O)N[C@H](Cc2ccccc2)C(=O)N[C@@H](C(=O)O)Cc2ccc(cc2)N1. The van der Waals surface area contributed by atoms with E-state index in [4.69, 9.17) is 4.74 Å². The standard InChI is InChI=1S/C48H49N5O8/c54-43-26-27-44(55)50-39(25-20-32-10-4-1-5-11-32)45(56)51-41(29-35-18-23-38(24-19-35)61-31-36-14-8-3-9-15-36)46(57)52-40(28-33-12-6-2-7-13-33)47(58)53-42(48(59)60)30-34-16-21-37(49-43)22-17-34/h1-19,21-24,39-42H,20,25-31H2,(H,49,54)(H,50,55)(H,51,56)(H,52,57)(H,53,58)(H,59,60)/t39-,40-,41+,42-/m1/s1. The van der Waals surface area contributed by atoms with Gasteiger partial charge < -0.3 is 36.4 Å². The van der Waals surface area contributed by atoms with Crippen LogP contribution in [-0.4, -0.2) is 64.8 Å². The Kier molecular flexibility index (Phi) is 15.4. The van der Waals surface area contributed by atoms with Gasteiger partial charge in [-0.25, -0.2) is 4.79 Å². The van der Waals surface area contributed by atoms with Gasteiger partial charge in [0.05, 0.1) is 0 Å². The van der Waals surface area contributed by atoms with Crippen LogP contribution >= 0.6 is 0 Å². The predicted octanol–water partition coefficient (Wildman–Crippen LogP) is 4.68. The fraction of sp³-hybridized carbons (Fsp3) is 0.250. The second-order valence-corrected chi connectivity index (χ2v) is 14.9. The molecule has 13 nitrogen and oxygen atoms in total. The van der Waals surface area contributed by atoms with E-state index >= 15 is 0 Å². The number of carboxylic acids is 1. The van der Waals surface area contributed by atoms with E-state index in [2.05, 4.69) is 26.6 Å². The van der Waals surface area contributed by atoms with E-state index < -0.39 is 59.7 Å². The van der Waals surface area contributed by atoms with Crippen molar-refractivity contribution >= 4 is 41.2 Å². The highest BCUT2D eigenvalue weighted by molar-refractivity contribution is 5.96. The number of hydrogen-bond acceptors (Lipinski definition) is 7. The molecule has 2 heterocycles. The second kappa shape index (κ2) is 21.6. The molecule has 0 radical (unpaired) electrons. The number of amides is 5. The van der Waals surface area contributed by atoms with Crippen LogP contribution in [-0.2, 0) is 61.1 Å². The summed E-state index contributed by atoms with van der Waals surface area (Å²) in [4.78, 5) is 81.4. The molecule has 314 valence electrons. The summed E-state index contributed by atoms with van der Waals surface area (Å²) in [5, 5.41) is 24.0. The van der Waals surface area contributed by atoms with Gasteiger partial charge in [-0.15, -0.1) is 0 Å². The molecule has 2 aliphatic heterocycles. The summed E-state index contributed by atoms with van der Waals surface area (Å²) < 4.78 is 5.96. The Morgan fingerprint density at radius 2 is 1.05 bits per heavy atom. The minimum atomic E-state index is -1.36. The maximum Gasteiger partial charge on any atom is 0.326 e. The zero-order valence-electron chi connectivity index (χ0n) is 33.6. The summed E-state index contributed by atoms with van der Waals surface area (Å²) in [6.45, 7) is 0.349. The summed E-state index contributed by atoms with van der Waals surface area (Å²) >= 11 is 0. The maximum atomic E-state index is 14.5. The van der Waals surface area contributed by atoms with Crippen LogP contribution in [0.3, 0.4) is 0 Å². The molecule has 0 fully saturated rings. The molecule has 5 amide bonds. The van der Waals surface area contributed by atoms with Crippen LogP contribution in [0.15, 0.2) is 140 Å². The number of aryl methyl sites for hydroxylation is 1. The van der Waals surface area contributed by atoms with Crippen LogP contribution in [0.4, 0.5) is 5.69 Å².